The lowest BCUT2D eigenvalue weighted by atomic mass is 10.3. The van der Waals surface area contributed by atoms with Crippen molar-refractivity contribution >= 4 is 35.1 Å². The van der Waals surface area contributed by atoms with Gasteiger partial charge in [0.1, 0.15) is 11.6 Å². The van der Waals surface area contributed by atoms with E-state index in [1.54, 1.807) is 12.3 Å². The summed E-state index contributed by atoms with van der Waals surface area (Å²) in [5, 5.41) is 17.7. The van der Waals surface area contributed by atoms with E-state index in [2.05, 4.69) is 21.5 Å². The molecule has 0 radical (unpaired) electrons. The quantitative estimate of drug-likeness (QED) is 0.457. The van der Waals surface area contributed by atoms with Gasteiger partial charge in [-0.05, 0) is 30.3 Å². The van der Waals surface area contributed by atoms with Gasteiger partial charge in [-0.1, -0.05) is 47.6 Å². The Labute approximate surface area is 181 Å². The van der Waals surface area contributed by atoms with Gasteiger partial charge in [0, 0.05) is 23.1 Å². The first kappa shape index (κ1) is 19.8. The summed E-state index contributed by atoms with van der Waals surface area (Å²) >= 11 is 7.36. The molecule has 30 heavy (non-hydrogen) atoms. The van der Waals surface area contributed by atoms with E-state index in [4.69, 9.17) is 11.6 Å². The summed E-state index contributed by atoms with van der Waals surface area (Å²) < 4.78 is 3.40. The van der Waals surface area contributed by atoms with E-state index in [9.17, 15) is 10.1 Å². The topological polar surface area (TPSA) is 88.5 Å². The molecule has 0 saturated heterocycles. The maximum absolute atomic E-state index is 12.6. The SMILES string of the molecule is N#Cc1cnn(-c2ccccc2)c1NC(=O)CSc1nccn1-c1cccc(Cl)c1. The Morgan fingerprint density at radius 3 is 2.73 bits per heavy atom. The molecule has 4 rings (SSSR count). The van der Waals surface area contributed by atoms with Crippen LogP contribution in [0.1, 0.15) is 5.56 Å². The van der Waals surface area contributed by atoms with E-state index < -0.39 is 0 Å². The first-order chi connectivity index (χ1) is 14.7. The van der Waals surface area contributed by atoms with Crippen molar-refractivity contribution < 1.29 is 4.79 Å². The molecule has 0 aliphatic carbocycles. The zero-order chi connectivity index (χ0) is 20.9. The summed E-state index contributed by atoms with van der Waals surface area (Å²) in [6, 6.07) is 18.8. The van der Waals surface area contributed by atoms with E-state index in [0.29, 0.717) is 16.0 Å². The molecule has 4 aromatic rings. The molecule has 0 bridgehead atoms. The number of carbonyl (C=O) groups is 1. The molecule has 148 valence electrons. The molecule has 2 aromatic heterocycles. The van der Waals surface area contributed by atoms with Crippen molar-refractivity contribution in [1.82, 2.24) is 19.3 Å². The number of para-hydroxylation sites is 1. The summed E-state index contributed by atoms with van der Waals surface area (Å²) in [6.45, 7) is 0. The van der Waals surface area contributed by atoms with E-state index in [0.717, 1.165) is 11.4 Å². The van der Waals surface area contributed by atoms with Gasteiger partial charge in [-0.2, -0.15) is 10.4 Å². The molecular weight excluding hydrogens is 420 g/mol. The molecule has 1 N–H and O–H groups in total. The molecule has 2 aromatic carbocycles. The number of rotatable bonds is 6. The monoisotopic (exact) mass is 434 g/mol. The Bertz CT molecular complexity index is 1230. The third-order valence-electron chi connectivity index (χ3n) is 4.17. The average Bonchev–Trinajstić information content (AvgIpc) is 3.39. The fourth-order valence-electron chi connectivity index (χ4n) is 2.83. The first-order valence-electron chi connectivity index (χ1n) is 8.91. The van der Waals surface area contributed by atoms with Crippen LogP contribution in [-0.4, -0.2) is 31.0 Å². The zero-order valence-corrected chi connectivity index (χ0v) is 17.1. The predicted octanol–water partition coefficient (Wildman–Crippen LogP) is 4.31. The molecule has 7 nitrogen and oxygen atoms in total. The molecule has 0 aliphatic heterocycles. The van der Waals surface area contributed by atoms with Crippen LogP contribution < -0.4 is 5.32 Å². The fourth-order valence-corrected chi connectivity index (χ4v) is 3.79. The van der Waals surface area contributed by atoms with Crippen LogP contribution >= 0.6 is 23.4 Å². The van der Waals surface area contributed by atoms with E-state index in [-0.39, 0.29) is 17.2 Å². The van der Waals surface area contributed by atoms with E-state index >= 15 is 0 Å². The lowest BCUT2D eigenvalue weighted by Gasteiger charge is -2.10. The van der Waals surface area contributed by atoms with Gasteiger partial charge in [0.15, 0.2) is 11.0 Å². The minimum absolute atomic E-state index is 0.114. The highest BCUT2D eigenvalue weighted by Crippen LogP contribution is 2.24. The number of hydrogen-bond acceptors (Lipinski definition) is 5. The van der Waals surface area contributed by atoms with Gasteiger partial charge in [-0.3, -0.25) is 9.36 Å². The zero-order valence-electron chi connectivity index (χ0n) is 15.6. The van der Waals surface area contributed by atoms with Crippen LogP contribution in [0, 0.1) is 11.3 Å². The van der Waals surface area contributed by atoms with Crippen molar-refractivity contribution in [3.8, 4) is 17.4 Å². The molecule has 0 fully saturated rings. The predicted molar refractivity (Wildman–Crippen MR) is 116 cm³/mol. The number of anilines is 1. The smallest absolute Gasteiger partial charge is 0.236 e. The lowest BCUT2D eigenvalue weighted by Crippen LogP contribution is -2.18. The highest BCUT2D eigenvalue weighted by molar-refractivity contribution is 7.99. The summed E-state index contributed by atoms with van der Waals surface area (Å²) in [4.78, 5) is 16.9. The Hall–Kier alpha value is -3.54. The highest BCUT2D eigenvalue weighted by Gasteiger charge is 2.16. The Kier molecular flexibility index (Phi) is 5.84. The number of aromatic nitrogens is 4. The van der Waals surface area contributed by atoms with Crippen molar-refractivity contribution in [2.24, 2.45) is 0 Å². The van der Waals surface area contributed by atoms with Crippen LogP contribution in [0.3, 0.4) is 0 Å². The standard InChI is InChI=1S/C21H15ClN6OS/c22-16-5-4-8-18(11-16)27-10-9-24-21(27)30-14-19(29)26-20-15(12-23)13-25-28(20)17-6-2-1-3-7-17/h1-11,13H,14H2,(H,26,29). The summed E-state index contributed by atoms with van der Waals surface area (Å²) in [5.74, 6) is 0.185. The fraction of sp³-hybridized carbons (Fsp3) is 0.0476. The van der Waals surface area contributed by atoms with Crippen molar-refractivity contribution in [2.45, 2.75) is 5.16 Å². The van der Waals surface area contributed by atoms with Crippen LogP contribution in [0.2, 0.25) is 5.02 Å². The van der Waals surface area contributed by atoms with Gasteiger partial charge in [0.25, 0.3) is 0 Å². The largest absolute Gasteiger partial charge is 0.309 e. The lowest BCUT2D eigenvalue weighted by molar-refractivity contribution is -0.113. The number of nitrogens with zero attached hydrogens (tertiary/aromatic N) is 5. The maximum atomic E-state index is 12.6. The minimum atomic E-state index is -0.269. The second-order valence-corrected chi connectivity index (χ2v) is 7.54. The van der Waals surface area contributed by atoms with E-state index in [1.807, 2.05) is 59.3 Å². The Balaban J connectivity index is 1.49. The molecule has 0 saturated carbocycles. The number of hydrogen-bond donors (Lipinski definition) is 1. The molecule has 2 heterocycles. The third-order valence-corrected chi connectivity index (χ3v) is 5.38. The van der Waals surface area contributed by atoms with Crippen molar-refractivity contribution in [3.05, 3.63) is 83.8 Å². The number of benzene rings is 2. The number of carbonyl (C=O) groups excluding carboxylic acids is 1. The summed E-state index contributed by atoms with van der Waals surface area (Å²) in [7, 11) is 0. The van der Waals surface area contributed by atoms with Crippen molar-refractivity contribution in [3.63, 3.8) is 0 Å². The van der Waals surface area contributed by atoms with Crippen molar-refractivity contribution in [2.75, 3.05) is 11.1 Å². The molecular formula is C21H15ClN6OS. The van der Waals surface area contributed by atoms with Crippen LogP contribution in [0.4, 0.5) is 5.82 Å². The van der Waals surface area contributed by atoms with E-state index in [1.165, 1.54) is 22.6 Å². The van der Waals surface area contributed by atoms with Crippen LogP contribution in [0.15, 0.2) is 78.3 Å². The molecule has 0 aliphatic rings. The van der Waals surface area contributed by atoms with Gasteiger partial charge in [0.05, 0.1) is 17.6 Å². The number of imidazole rings is 1. The molecule has 1 amide bonds. The number of halogens is 1. The van der Waals surface area contributed by atoms with Crippen molar-refractivity contribution in [1.29, 1.82) is 5.26 Å². The van der Waals surface area contributed by atoms with Gasteiger partial charge in [0.2, 0.25) is 5.91 Å². The first-order valence-corrected chi connectivity index (χ1v) is 10.3. The summed E-state index contributed by atoms with van der Waals surface area (Å²) in [5.41, 5.74) is 1.90. The Morgan fingerprint density at radius 2 is 1.97 bits per heavy atom. The molecule has 0 spiro atoms. The minimum Gasteiger partial charge on any atom is -0.309 e. The summed E-state index contributed by atoms with van der Waals surface area (Å²) in [6.07, 6.45) is 4.91. The molecule has 9 heteroatoms. The van der Waals surface area contributed by atoms with Crippen LogP contribution in [0.25, 0.3) is 11.4 Å². The number of nitrogens with one attached hydrogen (secondary N) is 1. The van der Waals surface area contributed by atoms with Gasteiger partial charge in [-0.15, -0.1) is 0 Å². The number of thioether (sulfide) groups is 1. The van der Waals surface area contributed by atoms with Gasteiger partial charge < -0.3 is 5.32 Å². The van der Waals surface area contributed by atoms with Crippen LogP contribution in [0.5, 0.6) is 0 Å². The third kappa shape index (κ3) is 4.22. The van der Waals surface area contributed by atoms with Gasteiger partial charge >= 0.3 is 0 Å². The number of nitriles is 1. The Morgan fingerprint density at radius 1 is 1.17 bits per heavy atom. The second kappa shape index (κ2) is 8.86. The van der Waals surface area contributed by atoms with Crippen LogP contribution in [-0.2, 0) is 4.79 Å². The number of amides is 1. The maximum Gasteiger partial charge on any atom is 0.236 e. The second-order valence-electron chi connectivity index (χ2n) is 6.16. The normalized spacial score (nSPS) is 10.5. The molecule has 0 unspecified atom stereocenters. The highest BCUT2D eigenvalue weighted by atomic mass is 35.5. The average molecular weight is 435 g/mol. The van der Waals surface area contributed by atoms with Gasteiger partial charge in [-0.25, -0.2) is 9.67 Å². The molecule has 0 atom stereocenters.